The summed E-state index contributed by atoms with van der Waals surface area (Å²) in [5.74, 6) is -4.32. The van der Waals surface area contributed by atoms with Crippen molar-refractivity contribution in [3.8, 4) is 11.3 Å². The lowest BCUT2D eigenvalue weighted by molar-refractivity contribution is -0.138. The van der Waals surface area contributed by atoms with Crippen molar-refractivity contribution >= 4 is 41.5 Å². The number of benzene rings is 2. The number of urea groups is 1. The second-order valence-electron chi connectivity index (χ2n) is 17.7. The molecule has 8 amide bonds. The highest BCUT2D eigenvalue weighted by atomic mass is 19.1. The molecule has 17 nitrogen and oxygen atoms in total. The van der Waals surface area contributed by atoms with Gasteiger partial charge in [-0.2, -0.15) is 0 Å². The lowest BCUT2D eigenvalue weighted by Crippen LogP contribution is -2.56. The van der Waals surface area contributed by atoms with E-state index in [4.69, 9.17) is 16.5 Å². The fourth-order valence-electron chi connectivity index (χ4n) is 7.63. The van der Waals surface area contributed by atoms with Gasteiger partial charge in [-0.05, 0) is 73.7 Å². The predicted octanol–water partition coefficient (Wildman–Crippen LogP) is 4.40. The van der Waals surface area contributed by atoms with E-state index in [1.807, 2.05) is 55.7 Å². The smallest absolute Gasteiger partial charge is 0.312 e. The Hall–Kier alpha value is -6.57. The molecular weight excluding hydrogens is 886 g/mol. The Morgan fingerprint density at radius 1 is 0.853 bits per heavy atom. The number of nitrogens with zero attached hydrogens (tertiary/aromatic N) is 4. The first-order valence-corrected chi connectivity index (χ1v) is 22.7. The van der Waals surface area contributed by atoms with Crippen LogP contribution in [-0.4, -0.2) is 113 Å². The van der Waals surface area contributed by atoms with Crippen molar-refractivity contribution in [2.24, 2.45) is 22.8 Å². The second kappa shape index (κ2) is 27.3. The van der Waals surface area contributed by atoms with Crippen LogP contribution >= 0.6 is 0 Å². The highest BCUT2D eigenvalue weighted by Gasteiger charge is 2.39. The van der Waals surface area contributed by atoms with Gasteiger partial charge < -0.3 is 42.2 Å². The maximum atomic E-state index is 15.2. The van der Waals surface area contributed by atoms with Crippen LogP contribution in [0.3, 0.4) is 0 Å². The van der Waals surface area contributed by atoms with Gasteiger partial charge in [-0.1, -0.05) is 71.4 Å². The minimum Gasteiger partial charge on any atom is -0.352 e. The molecule has 68 heavy (non-hydrogen) atoms. The number of unbranched alkanes of at least 4 members (excludes halogenated alkanes) is 2. The molecule has 3 aromatic rings. The number of hydrogen-bond acceptors (Lipinski definition) is 9. The Bertz CT molecular complexity index is 2200. The second-order valence-corrected chi connectivity index (χ2v) is 17.7. The average molecular weight is 953 g/mol. The van der Waals surface area contributed by atoms with Gasteiger partial charge in [0.2, 0.25) is 23.6 Å². The predicted molar refractivity (Wildman–Crippen MR) is 251 cm³/mol. The number of amides is 8. The number of imide groups is 1. The van der Waals surface area contributed by atoms with E-state index in [-0.39, 0.29) is 75.1 Å². The number of alkyl halides is 1. The van der Waals surface area contributed by atoms with E-state index in [2.05, 4.69) is 21.3 Å². The fraction of sp³-hybridized carbons (Fsp3) is 0.500. The summed E-state index contributed by atoms with van der Waals surface area (Å²) in [7, 11) is 0.500. The van der Waals surface area contributed by atoms with Gasteiger partial charge >= 0.3 is 6.03 Å². The van der Waals surface area contributed by atoms with Crippen molar-refractivity contribution in [2.75, 3.05) is 39.9 Å². The van der Waals surface area contributed by atoms with Crippen LogP contribution in [0.2, 0.25) is 0 Å². The molecule has 1 aromatic heterocycles. The van der Waals surface area contributed by atoms with Crippen molar-refractivity contribution in [2.45, 2.75) is 104 Å². The van der Waals surface area contributed by atoms with Gasteiger partial charge in [-0.25, -0.2) is 18.6 Å². The number of imidazole rings is 1. The fourth-order valence-corrected chi connectivity index (χ4v) is 7.63. The van der Waals surface area contributed by atoms with Crippen LogP contribution in [0.5, 0.6) is 0 Å². The van der Waals surface area contributed by atoms with E-state index in [1.165, 1.54) is 12.2 Å². The monoisotopic (exact) mass is 953 g/mol. The molecule has 0 aliphatic carbocycles. The zero-order valence-corrected chi connectivity index (χ0v) is 39.8. The average Bonchev–Trinajstić information content (AvgIpc) is 3.85. The number of rotatable bonds is 25. The molecule has 0 saturated heterocycles. The largest absolute Gasteiger partial charge is 0.352 e. The topological polar surface area (TPSA) is 244 Å². The lowest BCUT2D eigenvalue weighted by Gasteiger charge is -2.40. The molecule has 2 aromatic carbocycles. The molecule has 0 bridgehead atoms. The summed E-state index contributed by atoms with van der Waals surface area (Å²) in [5, 5.41) is 10.6. The van der Waals surface area contributed by atoms with Gasteiger partial charge in [0.15, 0.2) is 0 Å². The molecule has 3 atom stereocenters. The quantitative estimate of drug-likeness (QED) is 0.0520. The third-order valence-electron chi connectivity index (χ3n) is 11.0. The van der Waals surface area contributed by atoms with Crippen molar-refractivity contribution in [3.05, 3.63) is 89.9 Å². The Balaban J connectivity index is 0.00000604. The van der Waals surface area contributed by atoms with Crippen molar-refractivity contribution < 1.29 is 46.7 Å². The number of primary amides is 1. The van der Waals surface area contributed by atoms with E-state index < -0.39 is 77.3 Å². The van der Waals surface area contributed by atoms with Gasteiger partial charge in [0.25, 0.3) is 11.8 Å². The zero-order valence-electron chi connectivity index (χ0n) is 39.8. The SMILES string of the molecule is CC(C)C(NC(=O)CCCCCN1C(=O)C=CC1=O)C(=O)NC(CCCNC(N)=O)C(=O)NCC(=O)N(CCCN)C(c1nc(-c2cc(F)ccc2F)cn1Cc1ccccc1)C(C)(C)C.CF. The first kappa shape index (κ1) is 55.8. The molecule has 372 valence electrons. The summed E-state index contributed by atoms with van der Waals surface area (Å²) in [4.78, 5) is 97.8. The third kappa shape index (κ3) is 16.9. The molecule has 0 radical (unpaired) electrons. The van der Waals surface area contributed by atoms with E-state index in [1.54, 1.807) is 24.9 Å². The van der Waals surface area contributed by atoms with E-state index in [9.17, 15) is 42.3 Å². The summed E-state index contributed by atoms with van der Waals surface area (Å²) in [6, 6.07) is 8.78. The van der Waals surface area contributed by atoms with Crippen molar-refractivity contribution in [1.29, 1.82) is 0 Å². The number of hydrogen-bond donors (Lipinski definition) is 6. The molecule has 0 saturated carbocycles. The van der Waals surface area contributed by atoms with Crippen LogP contribution < -0.4 is 32.7 Å². The van der Waals surface area contributed by atoms with Gasteiger partial charge in [0, 0.05) is 56.5 Å². The van der Waals surface area contributed by atoms with Crippen LogP contribution in [-0.2, 0) is 35.3 Å². The van der Waals surface area contributed by atoms with Crippen LogP contribution in [0.15, 0.2) is 66.9 Å². The minimum atomic E-state index is -1.20. The van der Waals surface area contributed by atoms with Gasteiger partial charge in [-0.3, -0.25) is 38.1 Å². The molecular formula is C48H67F3N10O7. The van der Waals surface area contributed by atoms with Crippen LogP contribution in [0.1, 0.15) is 97.0 Å². The van der Waals surface area contributed by atoms with Crippen LogP contribution in [0.25, 0.3) is 11.3 Å². The highest BCUT2D eigenvalue weighted by Crippen LogP contribution is 2.39. The van der Waals surface area contributed by atoms with Gasteiger partial charge in [0.05, 0.1) is 25.5 Å². The molecule has 0 spiro atoms. The van der Waals surface area contributed by atoms with E-state index in [0.29, 0.717) is 38.7 Å². The Morgan fingerprint density at radius 2 is 1.53 bits per heavy atom. The molecule has 20 heteroatoms. The molecule has 0 fully saturated rings. The number of nitrogens with one attached hydrogen (secondary N) is 4. The van der Waals surface area contributed by atoms with Crippen LogP contribution in [0.4, 0.5) is 18.0 Å². The van der Waals surface area contributed by atoms with E-state index in [0.717, 1.165) is 28.7 Å². The highest BCUT2D eigenvalue weighted by molar-refractivity contribution is 6.12. The zero-order chi connectivity index (χ0) is 50.6. The van der Waals surface area contributed by atoms with E-state index >= 15 is 4.39 Å². The van der Waals surface area contributed by atoms with Gasteiger partial charge in [-0.15, -0.1) is 0 Å². The lowest BCUT2D eigenvalue weighted by atomic mass is 9.84. The number of nitrogens with two attached hydrogens (primary N) is 2. The molecule has 3 unspecified atom stereocenters. The van der Waals surface area contributed by atoms with Crippen molar-refractivity contribution in [1.82, 2.24) is 40.6 Å². The minimum absolute atomic E-state index is 0.0280. The van der Waals surface area contributed by atoms with Gasteiger partial charge in [0.1, 0.15) is 29.5 Å². The first-order chi connectivity index (χ1) is 32.3. The summed E-state index contributed by atoms with van der Waals surface area (Å²) < 4.78 is 41.0. The number of carbonyl (C=O) groups is 7. The first-order valence-electron chi connectivity index (χ1n) is 22.7. The number of carbonyl (C=O) groups excluding carboxylic acids is 7. The Labute approximate surface area is 396 Å². The Morgan fingerprint density at radius 3 is 2.15 bits per heavy atom. The summed E-state index contributed by atoms with van der Waals surface area (Å²) in [6.45, 7) is 9.70. The standard InChI is InChI=1S/C47H64F2N10O7.CH3F/c1-30(2)41(56-37(60)17-10-7-11-24-58-38(61)20-21-39(58)62)45(65)55-35(16-12-23-52-46(51)66)44(64)53-27-40(63)59(25-13-22-50)42(47(3,4)5)43-54-36(33-26-32(48)18-19-34(33)49)29-57(43)28-31-14-8-6-9-15-31;1-2/h6,8-9,14-15,18-21,26,29-30,35,41-42H,7,10-13,16-17,22-25,27-28,50H2,1-5H3,(H,53,64)(H,55,65)(H,56,60)(H3,51,52,66);1H3. The van der Waals surface area contributed by atoms with Crippen LogP contribution in [0, 0.1) is 23.0 Å². The Kier molecular flexibility index (Phi) is 22.4. The molecule has 2 heterocycles. The molecule has 4 rings (SSSR count). The summed E-state index contributed by atoms with van der Waals surface area (Å²) in [6.07, 6.45) is 6.24. The summed E-state index contributed by atoms with van der Waals surface area (Å²) in [5.41, 5.74) is 11.5. The summed E-state index contributed by atoms with van der Waals surface area (Å²) >= 11 is 0. The number of halogens is 3. The molecule has 1 aliphatic heterocycles. The number of aromatic nitrogens is 2. The maximum absolute atomic E-state index is 15.2. The molecule has 8 N–H and O–H groups in total. The normalized spacial score (nSPS) is 13.6. The molecule has 1 aliphatic rings. The van der Waals surface area contributed by atoms with Crippen molar-refractivity contribution in [3.63, 3.8) is 0 Å². The maximum Gasteiger partial charge on any atom is 0.312 e. The third-order valence-corrected chi connectivity index (χ3v) is 11.0.